The minimum absolute atomic E-state index is 0.284. The zero-order valence-electron chi connectivity index (χ0n) is 22.8. The number of aryl methyl sites for hydroxylation is 1. The van der Waals surface area contributed by atoms with Crippen LogP contribution in [0.3, 0.4) is 0 Å². The molecule has 1 aliphatic heterocycles. The third-order valence-electron chi connectivity index (χ3n) is 7.36. The fourth-order valence-corrected chi connectivity index (χ4v) is 5.00. The van der Waals surface area contributed by atoms with Gasteiger partial charge >= 0.3 is 0 Å². The van der Waals surface area contributed by atoms with Crippen LogP contribution in [0.4, 0.5) is 0 Å². The van der Waals surface area contributed by atoms with E-state index in [-0.39, 0.29) is 6.29 Å². The van der Waals surface area contributed by atoms with Crippen molar-refractivity contribution in [3.8, 4) is 11.3 Å². The zero-order chi connectivity index (χ0) is 25.3. The molecule has 2 heterocycles. The first-order chi connectivity index (χ1) is 17.8. The molecule has 36 heavy (non-hydrogen) atoms. The van der Waals surface area contributed by atoms with Crippen molar-refractivity contribution in [3.63, 3.8) is 0 Å². The highest BCUT2D eigenvalue weighted by atomic mass is 16.7. The highest BCUT2D eigenvalue weighted by molar-refractivity contribution is 5.59. The van der Waals surface area contributed by atoms with Gasteiger partial charge in [-0.3, -0.25) is 4.98 Å². The van der Waals surface area contributed by atoms with Crippen molar-refractivity contribution in [1.29, 1.82) is 0 Å². The predicted molar refractivity (Wildman–Crippen MR) is 152 cm³/mol. The predicted octanol–water partition coefficient (Wildman–Crippen LogP) is 9.62. The number of hydrogen-bond acceptors (Lipinski definition) is 3. The summed E-state index contributed by atoms with van der Waals surface area (Å²) >= 11 is 0. The Morgan fingerprint density at radius 1 is 0.806 bits per heavy atom. The Kier molecular flexibility index (Phi) is 13.9. The highest BCUT2D eigenvalue weighted by Gasteiger charge is 2.23. The highest BCUT2D eigenvalue weighted by Crippen LogP contribution is 2.28. The number of hydrogen-bond donors (Lipinski definition) is 0. The molecule has 0 aliphatic carbocycles. The number of rotatable bonds is 18. The maximum atomic E-state index is 6.06. The lowest BCUT2D eigenvalue weighted by Gasteiger charge is -2.29. The Morgan fingerprint density at radius 3 is 2.14 bits per heavy atom. The monoisotopic (exact) mass is 491 g/mol. The molecule has 3 rings (SSSR count). The van der Waals surface area contributed by atoms with Gasteiger partial charge < -0.3 is 9.47 Å². The minimum Gasteiger partial charge on any atom is -0.348 e. The van der Waals surface area contributed by atoms with Gasteiger partial charge in [0.2, 0.25) is 0 Å². The molecule has 1 saturated heterocycles. The number of ether oxygens (including phenoxy) is 2. The van der Waals surface area contributed by atoms with E-state index in [4.69, 9.17) is 14.5 Å². The topological polar surface area (TPSA) is 31.4 Å². The van der Waals surface area contributed by atoms with Gasteiger partial charge in [-0.05, 0) is 43.7 Å². The molecule has 0 saturated carbocycles. The van der Waals surface area contributed by atoms with Gasteiger partial charge in [0, 0.05) is 23.2 Å². The quantitative estimate of drug-likeness (QED) is 0.154. The zero-order valence-corrected chi connectivity index (χ0v) is 22.8. The van der Waals surface area contributed by atoms with E-state index in [1.165, 1.54) is 101 Å². The molecule has 1 fully saturated rings. The van der Waals surface area contributed by atoms with Crippen LogP contribution in [0.5, 0.6) is 0 Å². The molecule has 0 radical (unpaired) electrons. The van der Waals surface area contributed by atoms with Crippen LogP contribution in [0.2, 0.25) is 0 Å². The number of aromatic nitrogens is 1. The van der Waals surface area contributed by atoms with Crippen LogP contribution in [-0.4, -0.2) is 18.2 Å². The number of allylic oxidation sites excluding steroid dienone is 1. The molecule has 0 N–H and O–H groups in total. The average Bonchev–Trinajstić information content (AvgIpc) is 2.93. The van der Waals surface area contributed by atoms with Crippen LogP contribution in [0, 0.1) is 5.92 Å². The SMILES string of the molecule is C=CCCCCCCCCCC1COC(c2ccc(-c3ccc(CCCCCCC)cc3)nc2)OC1. The van der Waals surface area contributed by atoms with E-state index in [2.05, 4.69) is 49.9 Å². The summed E-state index contributed by atoms with van der Waals surface area (Å²) in [6.07, 6.45) is 23.2. The molecular weight excluding hydrogens is 442 g/mol. The van der Waals surface area contributed by atoms with E-state index in [0.29, 0.717) is 5.92 Å². The van der Waals surface area contributed by atoms with E-state index in [9.17, 15) is 0 Å². The summed E-state index contributed by atoms with van der Waals surface area (Å²) in [5, 5.41) is 0. The number of pyridine rings is 1. The van der Waals surface area contributed by atoms with Crippen molar-refractivity contribution >= 4 is 0 Å². The van der Waals surface area contributed by atoms with Crippen molar-refractivity contribution in [1.82, 2.24) is 4.98 Å². The smallest absolute Gasteiger partial charge is 0.185 e. The Bertz CT molecular complexity index is 822. The fourth-order valence-electron chi connectivity index (χ4n) is 5.00. The summed E-state index contributed by atoms with van der Waals surface area (Å²) in [6, 6.07) is 13.1. The van der Waals surface area contributed by atoms with Crippen molar-refractivity contribution in [3.05, 3.63) is 66.4 Å². The van der Waals surface area contributed by atoms with Crippen LogP contribution in [0.1, 0.15) is 114 Å². The van der Waals surface area contributed by atoms with Crippen LogP contribution in [0.25, 0.3) is 11.3 Å². The molecule has 0 amide bonds. The van der Waals surface area contributed by atoms with E-state index in [1.54, 1.807) is 0 Å². The largest absolute Gasteiger partial charge is 0.348 e. The van der Waals surface area contributed by atoms with Gasteiger partial charge in [-0.25, -0.2) is 0 Å². The molecule has 0 spiro atoms. The molecule has 2 aromatic rings. The summed E-state index contributed by atoms with van der Waals surface area (Å²) in [7, 11) is 0. The summed E-state index contributed by atoms with van der Waals surface area (Å²) in [5.74, 6) is 0.520. The Labute approximate surface area is 220 Å². The van der Waals surface area contributed by atoms with Gasteiger partial charge in [-0.1, -0.05) is 108 Å². The Balaban J connectivity index is 1.31. The lowest BCUT2D eigenvalue weighted by atomic mass is 10.0. The second kappa shape index (κ2) is 17.5. The van der Waals surface area contributed by atoms with Crippen LogP contribution >= 0.6 is 0 Å². The first-order valence-electron chi connectivity index (χ1n) is 14.7. The van der Waals surface area contributed by atoms with E-state index in [1.807, 2.05) is 12.3 Å². The summed E-state index contributed by atoms with van der Waals surface area (Å²) < 4.78 is 12.1. The van der Waals surface area contributed by atoms with Gasteiger partial charge in [-0.2, -0.15) is 0 Å². The van der Waals surface area contributed by atoms with Gasteiger partial charge in [0.1, 0.15) is 0 Å². The molecule has 198 valence electrons. The van der Waals surface area contributed by atoms with Crippen LogP contribution < -0.4 is 0 Å². The second-order valence-corrected chi connectivity index (χ2v) is 10.5. The van der Waals surface area contributed by atoms with Crippen molar-refractivity contribution < 1.29 is 9.47 Å². The van der Waals surface area contributed by atoms with Gasteiger partial charge in [0.15, 0.2) is 6.29 Å². The molecular formula is C33H49NO2. The first-order valence-corrected chi connectivity index (χ1v) is 14.7. The Morgan fingerprint density at radius 2 is 1.47 bits per heavy atom. The minimum atomic E-state index is -0.284. The van der Waals surface area contributed by atoms with Crippen molar-refractivity contribution in [2.45, 2.75) is 110 Å². The van der Waals surface area contributed by atoms with Gasteiger partial charge in [-0.15, -0.1) is 6.58 Å². The third-order valence-corrected chi connectivity index (χ3v) is 7.36. The second-order valence-electron chi connectivity index (χ2n) is 10.5. The summed E-state index contributed by atoms with van der Waals surface area (Å²) in [5.41, 5.74) is 4.60. The molecule has 1 aromatic carbocycles. The van der Waals surface area contributed by atoms with E-state index in [0.717, 1.165) is 30.9 Å². The lowest BCUT2D eigenvalue weighted by molar-refractivity contribution is -0.206. The number of benzene rings is 1. The molecule has 0 unspecified atom stereocenters. The lowest BCUT2D eigenvalue weighted by Crippen LogP contribution is -2.27. The molecule has 3 heteroatoms. The van der Waals surface area contributed by atoms with E-state index < -0.39 is 0 Å². The maximum absolute atomic E-state index is 6.06. The fraction of sp³-hybridized carbons (Fsp3) is 0.606. The molecule has 1 aliphatic rings. The standard InChI is InChI=1S/C33H49NO2/c1-3-5-7-9-10-11-12-14-16-18-29-26-35-33(36-27-29)31-23-24-32(34-25-31)30-21-19-28(20-22-30)17-15-13-8-6-4-2/h3,19-25,29,33H,1,4-18,26-27H2,2H3. The molecule has 0 bridgehead atoms. The normalized spacial score (nSPS) is 17.8. The van der Waals surface area contributed by atoms with Crippen molar-refractivity contribution in [2.75, 3.05) is 13.2 Å². The molecule has 1 aromatic heterocycles. The first kappa shape index (κ1) is 28.6. The van der Waals surface area contributed by atoms with Gasteiger partial charge in [0.05, 0.1) is 18.9 Å². The van der Waals surface area contributed by atoms with E-state index >= 15 is 0 Å². The summed E-state index contributed by atoms with van der Waals surface area (Å²) in [6.45, 7) is 7.63. The summed E-state index contributed by atoms with van der Waals surface area (Å²) in [4.78, 5) is 4.71. The number of nitrogens with zero attached hydrogens (tertiary/aromatic N) is 1. The molecule has 0 atom stereocenters. The maximum Gasteiger partial charge on any atom is 0.185 e. The van der Waals surface area contributed by atoms with Crippen molar-refractivity contribution in [2.24, 2.45) is 5.92 Å². The average molecular weight is 492 g/mol. The van der Waals surface area contributed by atoms with Gasteiger partial charge in [0.25, 0.3) is 0 Å². The number of unbranched alkanes of at least 4 members (excludes halogenated alkanes) is 11. The van der Waals surface area contributed by atoms with Crippen LogP contribution in [-0.2, 0) is 15.9 Å². The molecule has 3 nitrogen and oxygen atoms in total. The Hall–Kier alpha value is -1.97. The van der Waals surface area contributed by atoms with Crippen LogP contribution in [0.15, 0.2) is 55.3 Å². The third kappa shape index (κ3) is 10.6.